The number of rotatable bonds is 4. The van der Waals surface area contributed by atoms with E-state index in [0.29, 0.717) is 24.0 Å². The zero-order chi connectivity index (χ0) is 12.3. The molecule has 0 aromatic rings. The van der Waals surface area contributed by atoms with Crippen LogP contribution in [0.3, 0.4) is 0 Å². The maximum absolute atomic E-state index is 11.8. The number of hydrazone groups is 1. The van der Waals surface area contributed by atoms with E-state index in [9.17, 15) is 9.59 Å². The number of nitrogens with one attached hydrogen (secondary N) is 2. The Labute approximate surface area is 101 Å². The molecule has 17 heavy (non-hydrogen) atoms. The van der Waals surface area contributed by atoms with E-state index in [1.54, 1.807) is 0 Å². The predicted octanol–water partition coefficient (Wildman–Crippen LogP) is 0.949. The lowest BCUT2D eigenvalue weighted by Gasteiger charge is -2.41. The smallest absolute Gasteiger partial charge is 0.267 e. The van der Waals surface area contributed by atoms with Crippen LogP contribution in [0.25, 0.3) is 0 Å². The van der Waals surface area contributed by atoms with Crippen molar-refractivity contribution in [3.63, 3.8) is 0 Å². The van der Waals surface area contributed by atoms with Gasteiger partial charge in [0.15, 0.2) is 0 Å². The summed E-state index contributed by atoms with van der Waals surface area (Å²) >= 11 is 0. The van der Waals surface area contributed by atoms with Gasteiger partial charge in [0.2, 0.25) is 5.91 Å². The van der Waals surface area contributed by atoms with E-state index in [0.717, 1.165) is 13.0 Å². The molecule has 1 heterocycles. The van der Waals surface area contributed by atoms with E-state index >= 15 is 0 Å². The van der Waals surface area contributed by atoms with Crippen LogP contribution in [0.5, 0.6) is 0 Å². The van der Waals surface area contributed by atoms with E-state index in [-0.39, 0.29) is 11.8 Å². The minimum absolute atomic E-state index is 0.120. The third-order valence-electron chi connectivity index (χ3n) is 3.95. The van der Waals surface area contributed by atoms with Gasteiger partial charge in [0.05, 0.1) is 0 Å². The average molecular weight is 237 g/mol. The molecule has 1 saturated carbocycles. The van der Waals surface area contributed by atoms with Crippen molar-refractivity contribution in [2.75, 3.05) is 6.54 Å². The van der Waals surface area contributed by atoms with Gasteiger partial charge in [0.25, 0.3) is 5.91 Å². The van der Waals surface area contributed by atoms with Crippen LogP contribution >= 0.6 is 0 Å². The van der Waals surface area contributed by atoms with Crippen LogP contribution in [0.1, 0.15) is 45.4 Å². The molecule has 2 aliphatic rings. The van der Waals surface area contributed by atoms with E-state index in [4.69, 9.17) is 0 Å². The van der Waals surface area contributed by atoms with Gasteiger partial charge in [-0.1, -0.05) is 13.3 Å². The lowest BCUT2D eigenvalue weighted by Crippen LogP contribution is -2.45. The maximum atomic E-state index is 11.8. The Balaban J connectivity index is 1.83. The molecule has 0 unspecified atom stereocenters. The summed E-state index contributed by atoms with van der Waals surface area (Å²) < 4.78 is 0. The summed E-state index contributed by atoms with van der Waals surface area (Å²) in [5, 5.41) is 6.73. The third kappa shape index (κ3) is 2.65. The van der Waals surface area contributed by atoms with Gasteiger partial charge in [-0.3, -0.25) is 9.59 Å². The summed E-state index contributed by atoms with van der Waals surface area (Å²) in [5.74, 6) is -0.254. The highest BCUT2D eigenvalue weighted by Gasteiger charge is 2.35. The van der Waals surface area contributed by atoms with E-state index < -0.39 is 0 Å². The van der Waals surface area contributed by atoms with Gasteiger partial charge in [0, 0.05) is 19.4 Å². The molecule has 5 nitrogen and oxygen atoms in total. The van der Waals surface area contributed by atoms with E-state index in [1.807, 2.05) is 0 Å². The molecule has 0 aromatic carbocycles. The van der Waals surface area contributed by atoms with Gasteiger partial charge in [-0.15, -0.1) is 0 Å². The van der Waals surface area contributed by atoms with Crippen molar-refractivity contribution in [3.05, 3.63) is 0 Å². The first kappa shape index (κ1) is 12.1. The van der Waals surface area contributed by atoms with Crippen molar-refractivity contribution in [1.29, 1.82) is 0 Å². The fourth-order valence-electron chi connectivity index (χ4n) is 2.34. The Morgan fingerprint density at radius 2 is 2.24 bits per heavy atom. The molecule has 0 bridgehead atoms. The van der Waals surface area contributed by atoms with Gasteiger partial charge in [-0.2, -0.15) is 5.10 Å². The Morgan fingerprint density at radius 3 is 2.71 bits per heavy atom. The van der Waals surface area contributed by atoms with Gasteiger partial charge in [0.1, 0.15) is 5.71 Å². The Morgan fingerprint density at radius 1 is 1.47 bits per heavy atom. The first-order chi connectivity index (χ1) is 8.15. The van der Waals surface area contributed by atoms with E-state index in [2.05, 4.69) is 22.8 Å². The van der Waals surface area contributed by atoms with Crippen molar-refractivity contribution >= 4 is 17.5 Å². The molecular weight excluding hydrogens is 218 g/mol. The highest BCUT2D eigenvalue weighted by Crippen LogP contribution is 2.42. The molecule has 0 saturated heterocycles. The first-order valence-corrected chi connectivity index (χ1v) is 6.29. The Kier molecular flexibility index (Phi) is 3.45. The first-order valence-electron chi connectivity index (χ1n) is 6.29. The van der Waals surface area contributed by atoms with Gasteiger partial charge in [-0.05, 0) is 24.7 Å². The second kappa shape index (κ2) is 4.85. The van der Waals surface area contributed by atoms with Crippen LogP contribution in [0, 0.1) is 5.41 Å². The molecule has 2 N–H and O–H groups in total. The normalized spacial score (nSPS) is 22.2. The molecule has 94 valence electrons. The fraction of sp³-hybridized carbons (Fsp3) is 0.750. The minimum atomic E-state index is -0.135. The molecule has 1 aliphatic heterocycles. The Bertz CT molecular complexity index is 353. The molecule has 0 aromatic heterocycles. The zero-order valence-corrected chi connectivity index (χ0v) is 10.2. The van der Waals surface area contributed by atoms with Crippen molar-refractivity contribution in [1.82, 2.24) is 10.7 Å². The van der Waals surface area contributed by atoms with Crippen LogP contribution in [0.15, 0.2) is 5.10 Å². The molecule has 0 atom stereocenters. The summed E-state index contributed by atoms with van der Waals surface area (Å²) in [7, 11) is 0. The molecule has 5 heteroatoms. The van der Waals surface area contributed by atoms with Crippen LogP contribution < -0.4 is 10.7 Å². The highest BCUT2D eigenvalue weighted by molar-refractivity contribution is 6.39. The number of hydrogen-bond donors (Lipinski definition) is 2. The zero-order valence-electron chi connectivity index (χ0n) is 10.2. The van der Waals surface area contributed by atoms with E-state index in [1.165, 1.54) is 19.3 Å². The number of carbonyl (C=O) groups excluding carboxylic acids is 2. The second-order valence-corrected chi connectivity index (χ2v) is 4.98. The third-order valence-corrected chi connectivity index (χ3v) is 3.95. The molecule has 1 fully saturated rings. The standard InChI is InChI=1S/C12H19N3O2/c1-2-12(6-3-7-12)8-13-11(17)9-4-5-10(16)15-14-9/h2-8H2,1H3,(H,13,17)(H,15,16). The maximum Gasteiger partial charge on any atom is 0.267 e. The van der Waals surface area contributed by atoms with Crippen molar-refractivity contribution < 1.29 is 9.59 Å². The number of amides is 2. The fourth-order valence-corrected chi connectivity index (χ4v) is 2.34. The summed E-state index contributed by atoms with van der Waals surface area (Å²) in [6.45, 7) is 2.90. The summed E-state index contributed by atoms with van der Waals surface area (Å²) in [6, 6.07) is 0. The topological polar surface area (TPSA) is 70.6 Å². The molecule has 2 amide bonds. The predicted molar refractivity (Wildman–Crippen MR) is 64.4 cm³/mol. The summed E-state index contributed by atoms with van der Waals surface area (Å²) in [6.07, 6.45) is 5.57. The largest absolute Gasteiger partial charge is 0.350 e. The monoisotopic (exact) mass is 237 g/mol. The van der Waals surface area contributed by atoms with Gasteiger partial charge in [-0.25, -0.2) is 5.43 Å². The number of hydrogen-bond acceptors (Lipinski definition) is 3. The van der Waals surface area contributed by atoms with Crippen molar-refractivity contribution in [2.24, 2.45) is 10.5 Å². The van der Waals surface area contributed by atoms with Crippen molar-refractivity contribution in [2.45, 2.75) is 45.4 Å². The SMILES string of the molecule is CCC1(CNC(=O)C2=NNC(=O)CC2)CCC1. The van der Waals surface area contributed by atoms with Crippen LogP contribution in [0.4, 0.5) is 0 Å². The second-order valence-electron chi connectivity index (χ2n) is 4.98. The molecule has 0 radical (unpaired) electrons. The van der Waals surface area contributed by atoms with Gasteiger partial charge >= 0.3 is 0 Å². The lowest BCUT2D eigenvalue weighted by atomic mass is 9.67. The highest BCUT2D eigenvalue weighted by atomic mass is 16.2. The van der Waals surface area contributed by atoms with Crippen LogP contribution in [-0.4, -0.2) is 24.1 Å². The minimum Gasteiger partial charge on any atom is -0.350 e. The quantitative estimate of drug-likeness (QED) is 0.764. The number of carbonyl (C=O) groups is 2. The number of nitrogens with zero attached hydrogens (tertiary/aromatic N) is 1. The summed E-state index contributed by atoms with van der Waals surface area (Å²) in [4.78, 5) is 22.7. The lowest BCUT2D eigenvalue weighted by molar-refractivity contribution is -0.121. The van der Waals surface area contributed by atoms with Crippen molar-refractivity contribution in [3.8, 4) is 0 Å². The molecule has 0 spiro atoms. The molecule has 1 aliphatic carbocycles. The Hall–Kier alpha value is -1.39. The summed E-state index contributed by atoms with van der Waals surface area (Å²) in [5.41, 5.74) is 3.09. The average Bonchev–Trinajstić information content (AvgIpc) is 2.29. The van der Waals surface area contributed by atoms with Crippen LogP contribution in [-0.2, 0) is 9.59 Å². The molecule has 2 rings (SSSR count). The van der Waals surface area contributed by atoms with Gasteiger partial charge < -0.3 is 5.32 Å². The van der Waals surface area contributed by atoms with Crippen LogP contribution in [0.2, 0.25) is 0 Å². The molecular formula is C12H19N3O2.